The molecule has 1 saturated heterocycles. The fourth-order valence-electron chi connectivity index (χ4n) is 4.01. The van der Waals surface area contributed by atoms with E-state index in [0.717, 1.165) is 16.7 Å². The molecule has 10 heteroatoms. The van der Waals surface area contributed by atoms with Crippen LogP contribution in [0.1, 0.15) is 24.0 Å². The number of carbonyl (C=O) groups is 2. The Kier molecular flexibility index (Phi) is 6.78. The summed E-state index contributed by atoms with van der Waals surface area (Å²) in [5.74, 6) is -0.605. The van der Waals surface area contributed by atoms with Gasteiger partial charge in [0.2, 0.25) is 24.0 Å². The molecule has 4 rings (SSSR count). The lowest BCUT2D eigenvalue weighted by atomic mass is 9.99. The van der Waals surface area contributed by atoms with E-state index in [-0.39, 0.29) is 42.7 Å². The third kappa shape index (κ3) is 5.33. The molecule has 3 aromatic rings. The van der Waals surface area contributed by atoms with Gasteiger partial charge in [-0.25, -0.2) is 8.42 Å². The molecule has 1 aliphatic heterocycles. The van der Waals surface area contributed by atoms with Crippen LogP contribution in [0.25, 0.3) is 11.4 Å². The summed E-state index contributed by atoms with van der Waals surface area (Å²) in [7, 11) is -3.10. The zero-order valence-corrected chi connectivity index (χ0v) is 19.8. The molecule has 1 N–H and O–H groups in total. The van der Waals surface area contributed by atoms with Gasteiger partial charge < -0.3 is 14.7 Å². The van der Waals surface area contributed by atoms with E-state index in [2.05, 4.69) is 15.5 Å². The maximum absolute atomic E-state index is 13.5. The van der Waals surface area contributed by atoms with Crippen molar-refractivity contribution in [3.63, 3.8) is 0 Å². The van der Waals surface area contributed by atoms with Crippen molar-refractivity contribution in [1.29, 1.82) is 0 Å². The summed E-state index contributed by atoms with van der Waals surface area (Å²) >= 11 is 0. The number of rotatable bonds is 6. The molecule has 2 heterocycles. The zero-order chi connectivity index (χ0) is 24.3. The SMILES string of the molecule is Cc1cccc(N(CC(=O)Nc2ccc(-c3ncon3)cc2)C(=O)C2CCS(=O)(=O)CC2)c1C. The molecule has 0 bridgehead atoms. The highest BCUT2D eigenvalue weighted by Crippen LogP contribution is 2.28. The van der Waals surface area contributed by atoms with Crippen molar-refractivity contribution < 1.29 is 22.5 Å². The number of nitrogens with zero attached hydrogens (tertiary/aromatic N) is 3. The lowest BCUT2D eigenvalue weighted by Crippen LogP contribution is -2.44. The number of hydrogen-bond acceptors (Lipinski definition) is 7. The molecule has 0 saturated carbocycles. The Morgan fingerprint density at radius 2 is 1.79 bits per heavy atom. The van der Waals surface area contributed by atoms with Crippen molar-refractivity contribution in [1.82, 2.24) is 10.1 Å². The highest BCUT2D eigenvalue weighted by molar-refractivity contribution is 7.91. The zero-order valence-electron chi connectivity index (χ0n) is 19.0. The second-order valence-corrected chi connectivity index (χ2v) is 10.8. The molecule has 2 aromatic carbocycles. The predicted octanol–water partition coefficient (Wildman–Crippen LogP) is 3.15. The summed E-state index contributed by atoms with van der Waals surface area (Å²) in [6.07, 6.45) is 1.77. The topological polar surface area (TPSA) is 122 Å². The largest absolute Gasteiger partial charge is 0.342 e. The second-order valence-electron chi connectivity index (χ2n) is 8.45. The first kappa shape index (κ1) is 23.6. The lowest BCUT2D eigenvalue weighted by Gasteiger charge is -2.30. The minimum absolute atomic E-state index is 0.0109. The quantitative estimate of drug-likeness (QED) is 0.573. The molecular weight excluding hydrogens is 456 g/mol. The summed E-state index contributed by atoms with van der Waals surface area (Å²) in [6.45, 7) is 3.67. The summed E-state index contributed by atoms with van der Waals surface area (Å²) in [5, 5.41) is 6.61. The van der Waals surface area contributed by atoms with Gasteiger partial charge in [0.15, 0.2) is 0 Å². The van der Waals surface area contributed by atoms with Gasteiger partial charge in [0.25, 0.3) is 0 Å². The van der Waals surface area contributed by atoms with Crippen LogP contribution >= 0.6 is 0 Å². The Bertz CT molecular complexity index is 1270. The molecule has 1 aromatic heterocycles. The van der Waals surface area contributed by atoms with Crippen LogP contribution in [0.2, 0.25) is 0 Å². The van der Waals surface area contributed by atoms with Crippen molar-refractivity contribution in [2.45, 2.75) is 26.7 Å². The summed E-state index contributed by atoms with van der Waals surface area (Å²) in [5.41, 5.74) is 3.86. The first-order valence-electron chi connectivity index (χ1n) is 11.0. The van der Waals surface area contributed by atoms with Gasteiger partial charge in [-0.05, 0) is 68.1 Å². The van der Waals surface area contributed by atoms with Crippen molar-refractivity contribution in [3.8, 4) is 11.4 Å². The van der Waals surface area contributed by atoms with Crippen molar-refractivity contribution >= 4 is 33.0 Å². The average molecular weight is 483 g/mol. The molecule has 0 unspecified atom stereocenters. The van der Waals surface area contributed by atoms with Crippen LogP contribution in [0.15, 0.2) is 53.4 Å². The van der Waals surface area contributed by atoms with Crippen LogP contribution in [0.4, 0.5) is 11.4 Å². The molecule has 2 amide bonds. The molecule has 0 radical (unpaired) electrons. The summed E-state index contributed by atoms with van der Waals surface area (Å²) in [6, 6.07) is 12.6. The first-order chi connectivity index (χ1) is 16.2. The van der Waals surface area contributed by atoms with E-state index in [1.807, 2.05) is 32.0 Å². The first-order valence-corrected chi connectivity index (χ1v) is 12.8. The van der Waals surface area contributed by atoms with Crippen LogP contribution < -0.4 is 10.2 Å². The van der Waals surface area contributed by atoms with E-state index >= 15 is 0 Å². The number of hydrogen-bond donors (Lipinski definition) is 1. The Morgan fingerprint density at radius 1 is 1.09 bits per heavy atom. The van der Waals surface area contributed by atoms with Gasteiger partial charge in [0.05, 0.1) is 11.5 Å². The molecule has 1 fully saturated rings. The van der Waals surface area contributed by atoms with E-state index in [4.69, 9.17) is 4.52 Å². The molecule has 1 aliphatic rings. The van der Waals surface area contributed by atoms with Crippen LogP contribution in [0.3, 0.4) is 0 Å². The number of carbonyl (C=O) groups excluding carboxylic acids is 2. The monoisotopic (exact) mass is 482 g/mol. The van der Waals surface area contributed by atoms with E-state index in [0.29, 0.717) is 17.2 Å². The third-order valence-electron chi connectivity index (χ3n) is 6.13. The standard InChI is InChI=1S/C24H26N4O5S/c1-16-4-3-5-21(17(16)2)28(24(30)19-10-12-34(31,32)13-11-19)14-22(29)26-20-8-6-18(7-9-20)23-25-15-33-27-23/h3-9,15,19H,10-14H2,1-2H3,(H,26,29). The Hall–Kier alpha value is -3.53. The number of amides is 2. The van der Waals surface area contributed by atoms with Gasteiger partial charge in [0.1, 0.15) is 16.4 Å². The third-order valence-corrected chi connectivity index (χ3v) is 7.84. The molecule has 0 aliphatic carbocycles. The molecule has 34 heavy (non-hydrogen) atoms. The van der Waals surface area contributed by atoms with Crippen LogP contribution in [0, 0.1) is 19.8 Å². The van der Waals surface area contributed by atoms with Gasteiger partial charge in [-0.3, -0.25) is 9.59 Å². The van der Waals surface area contributed by atoms with E-state index in [1.165, 1.54) is 11.3 Å². The fraction of sp³-hybridized carbons (Fsp3) is 0.333. The Labute approximate surface area is 198 Å². The van der Waals surface area contributed by atoms with Gasteiger partial charge in [-0.2, -0.15) is 4.98 Å². The Morgan fingerprint density at radius 3 is 2.44 bits per heavy atom. The number of sulfone groups is 1. The van der Waals surface area contributed by atoms with Gasteiger partial charge >= 0.3 is 0 Å². The minimum atomic E-state index is -3.10. The number of nitrogens with one attached hydrogen (secondary N) is 1. The van der Waals surface area contributed by atoms with E-state index < -0.39 is 15.8 Å². The lowest BCUT2D eigenvalue weighted by molar-refractivity contribution is -0.124. The number of anilines is 2. The van der Waals surface area contributed by atoms with Gasteiger partial charge in [-0.1, -0.05) is 17.3 Å². The smallest absolute Gasteiger partial charge is 0.244 e. The average Bonchev–Trinajstić information content (AvgIpc) is 3.35. The van der Waals surface area contributed by atoms with Crippen molar-refractivity contribution in [3.05, 3.63) is 60.0 Å². The highest BCUT2D eigenvalue weighted by atomic mass is 32.2. The maximum Gasteiger partial charge on any atom is 0.244 e. The number of aryl methyl sites for hydroxylation is 1. The molecule has 9 nitrogen and oxygen atoms in total. The van der Waals surface area contributed by atoms with Crippen LogP contribution in [-0.2, 0) is 19.4 Å². The number of benzene rings is 2. The predicted molar refractivity (Wildman–Crippen MR) is 128 cm³/mol. The molecule has 178 valence electrons. The maximum atomic E-state index is 13.5. The van der Waals surface area contributed by atoms with E-state index in [9.17, 15) is 18.0 Å². The van der Waals surface area contributed by atoms with Crippen molar-refractivity contribution in [2.24, 2.45) is 5.92 Å². The second kappa shape index (κ2) is 9.76. The Balaban J connectivity index is 1.52. The van der Waals surface area contributed by atoms with Gasteiger partial charge in [-0.15, -0.1) is 0 Å². The molecule has 0 spiro atoms. The van der Waals surface area contributed by atoms with Crippen LogP contribution in [0.5, 0.6) is 0 Å². The fourth-order valence-corrected chi connectivity index (χ4v) is 5.50. The van der Waals surface area contributed by atoms with E-state index in [1.54, 1.807) is 24.3 Å². The van der Waals surface area contributed by atoms with Crippen molar-refractivity contribution in [2.75, 3.05) is 28.3 Å². The summed E-state index contributed by atoms with van der Waals surface area (Å²) in [4.78, 5) is 31.9. The number of aromatic nitrogens is 2. The molecule has 0 atom stereocenters. The highest BCUT2D eigenvalue weighted by Gasteiger charge is 2.33. The van der Waals surface area contributed by atoms with Crippen LogP contribution in [-0.4, -0.2) is 48.4 Å². The van der Waals surface area contributed by atoms with Gasteiger partial charge in [0, 0.05) is 22.9 Å². The minimum Gasteiger partial charge on any atom is -0.342 e. The normalized spacial score (nSPS) is 15.6. The summed E-state index contributed by atoms with van der Waals surface area (Å²) < 4.78 is 28.4. The molecular formula is C24H26N4O5S.